The van der Waals surface area contributed by atoms with Gasteiger partial charge in [0.15, 0.2) is 12.3 Å². The molecular formula is C11H14N2O9. The SMILES string of the molecule is O=C(O)C(O)c1cn([C@@H]2O[C@H](CO)[C@H](O)C2O)c(=O)[nH]c1=O. The molecule has 0 spiro atoms. The second-order valence-electron chi connectivity index (χ2n) is 4.72. The number of H-pyrrole nitrogens is 1. The summed E-state index contributed by atoms with van der Waals surface area (Å²) < 4.78 is 5.73. The number of nitrogens with one attached hydrogen (secondary N) is 1. The third kappa shape index (κ3) is 2.67. The maximum absolute atomic E-state index is 11.8. The fourth-order valence-electron chi connectivity index (χ4n) is 2.13. The Morgan fingerprint density at radius 3 is 2.50 bits per heavy atom. The summed E-state index contributed by atoms with van der Waals surface area (Å²) in [4.78, 5) is 35.8. The van der Waals surface area contributed by atoms with Crippen LogP contribution in [-0.2, 0) is 9.53 Å². The van der Waals surface area contributed by atoms with E-state index < -0.39 is 60.0 Å². The van der Waals surface area contributed by atoms with Crippen LogP contribution >= 0.6 is 0 Å². The van der Waals surface area contributed by atoms with Gasteiger partial charge in [-0.1, -0.05) is 0 Å². The molecule has 122 valence electrons. The largest absolute Gasteiger partial charge is 0.479 e. The second-order valence-corrected chi connectivity index (χ2v) is 4.72. The number of nitrogens with zero attached hydrogens (tertiary/aromatic N) is 1. The van der Waals surface area contributed by atoms with Crippen LogP contribution in [0.25, 0.3) is 0 Å². The molecule has 1 aromatic heterocycles. The summed E-state index contributed by atoms with van der Waals surface area (Å²) in [6.07, 6.45) is -7.17. The molecule has 11 nitrogen and oxygen atoms in total. The van der Waals surface area contributed by atoms with Gasteiger partial charge >= 0.3 is 11.7 Å². The number of aliphatic hydroxyl groups excluding tert-OH is 4. The van der Waals surface area contributed by atoms with E-state index in [0.717, 1.165) is 6.20 Å². The maximum atomic E-state index is 11.8. The van der Waals surface area contributed by atoms with Gasteiger partial charge in [0.05, 0.1) is 12.2 Å². The molecule has 2 unspecified atom stereocenters. The number of aromatic nitrogens is 2. The van der Waals surface area contributed by atoms with Gasteiger partial charge in [-0.3, -0.25) is 14.3 Å². The second kappa shape index (κ2) is 5.98. The fraction of sp³-hybridized carbons (Fsp3) is 0.545. The molecule has 1 saturated heterocycles. The van der Waals surface area contributed by atoms with E-state index in [9.17, 15) is 29.7 Å². The summed E-state index contributed by atoms with van der Waals surface area (Å²) in [6.45, 7) is -0.628. The fourth-order valence-corrected chi connectivity index (χ4v) is 2.13. The van der Waals surface area contributed by atoms with Crippen molar-refractivity contribution in [2.45, 2.75) is 30.6 Å². The first-order chi connectivity index (χ1) is 10.3. The monoisotopic (exact) mass is 318 g/mol. The molecule has 1 aliphatic heterocycles. The third-order valence-corrected chi connectivity index (χ3v) is 3.32. The van der Waals surface area contributed by atoms with E-state index in [2.05, 4.69) is 0 Å². The summed E-state index contributed by atoms with van der Waals surface area (Å²) >= 11 is 0. The molecule has 1 fully saturated rings. The molecule has 2 rings (SSSR count). The number of aromatic amines is 1. The minimum Gasteiger partial charge on any atom is -0.479 e. The van der Waals surface area contributed by atoms with Crippen LogP contribution in [0.3, 0.4) is 0 Å². The van der Waals surface area contributed by atoms with Crippen molar-refractivity contribution >= 4 is 5.97 Å². The number of carboxylic acid groups (broad SMARTS) is 1. The van der Waals surface area contributed by atoms with Gasteiger partial charge in [0.2, 0.25) is 0 Å². The van der Waals surface area contributed by atoms with Crippen molar-refractivity contribution in [2.24, 2.45) is 0 Å². The van der Waals surface area contributed by atoms with Crippen LogP contribution in [0.1, 0.15) is 17.9 Å². The predicted octanol–water partition coefficient (Wildman–Crippen LogP) is -3.73. The van der Waals surface area contributed by atoms with E-state index in [4.69, 9.17) is 14.9 Å². The van der Waals surface area contributed by atoms with Crippen LogP contribution in [0.5, 0.6) is 0 Å². The van der Waals surface area contributed by atoms with Crippen molar-refractivity contribution in [1.29, 1.82) is 0 Å². The lowest BCUT2D eigenvalue weighted by Crippen LogP contribution is -2.39. The van der Waals surface area contributed by atoms with Gasteiger partial charge in [-0.25, -0.2) is 9.59 Å². The first kappa shape index (κ1) is 16.3. The molecule has 0 radical (unpaired) electrons. The van der Waals surface area contributed by atoms with E-state index in [1.807, 2.05) is 0 Å². The molecule has 0 amide bonds. The molecule has 1 aliphatic rings. The molecule has 22 heavy (non-hydrogen) atoms. The Kier molecular flexibility index (Phi) is 4.44. The van der Waals surface area contributed by atoms with Gasteiger partial charge in [-0.2, -0.15) is 0 Å². The average Bonchev–Trinajstić information content (AvgIpc) is 2.74. The first-order valence-electron chi connectivity index (χ1n) is 6.16. The lowest BCUT2D eigenvalue weighted by atomic mass is 10.1. The van der Waals surface area contributed by atoms with E-state index >= 15 is 0 Å². The van der Waals surface area contributed by atoms with Crippen LogP contribution in [-0.4, -0.2) is 66.0 Å². The summed E-state index contributed by atoms with van der Waals surface area (Å²) in [6, 6.07) is 0. The van der Waals surface area contributed by atoms with Gasteiger partial charge in [0, 0.05) is 6.20 Å². The quantitative estimate of drug-likeness (QED) is 0.325. The van der Waals surface area contributed by atoms with E-state index in [1.165, 1.54) is 0 Å². The van der Waals surface area contributed by atoms with Crippen molar-refractivity contribution < 1.29 is 35.1 Å². The lowest BCUT2D eigenvalue weighted by molar-refractivity contribution is -0.147. The number of ether oxygens (including phenoxy) is 1. The van der Waals surface area contributed by atoms with Crippen molar-refractivity contribution in [1.82, 2.24) is 9.55 Å². The summed E-state index contributed by atoms with van der Waals surface area (Å²) in [5, 5.41) is 46.6. The molecule has 6 N–H and O–H groups in total. The Labute approximate surface area is 121 Å². The summed E-state index contributed by atoms with van der Waals surface area (Å²) in [5.41, 5.74) is -2.80. The van der Waals surface area contributed by atoms with E-state index in [-0.39, 0.29) is 0 Å². The van der Waals surface area contributed by atoms with Crippen LogP contribution in [0.15, 0.2) is 15.8 Å². The molecule has 1 aromatic rings. The molecule has 5 atom stereocenters. The third-order valence-electron chi connectivity index (χ3n) is 3.32. The number of hydrogen-bond acceptors (Lipinski definition) is 8. The van der Waals surface area contributed by atoms with Crippen LogP contribution in [0.2, 0.25) is 0 Å². The topological polar surface area (TPSA) is 182 Å². The summed E-state index contributed by atoms with van der Waals surface area (Å²) in [5.74, 6) is -1.71. The van der Waals surface area contributed by atoms with Gasteiger partial charge in [0.1, 0.15) is 18.3 Å². The number of aliphatic hydroxyl groups is 4. The average molecular weight is 318 g/mol. The van der Waals surface area contributed by atoms with Crippen molar-refractivity contribution in [3.8, 4) is 0 Å². The minimum atomic E-state index is -2.19. The zero-order chi connectivity index (χ0) is 16.6. The number of carboxylic acids is 1. The van der Waals surface area contributed by atoms with Crippen LogP contribution < -0.4 is 11.2 Å². The van der Waals surface area contributed by atoms with Gasteiger partial charge in [0.25, 0.3) is 5.56 Å². The van der Waals surface area contributed by atoms with Crippen LogP contribution in [0, 0.1) is 0 Å². The number of hydrogen-bond donors (Lipinski definition) is 6. The minimum absolute atomic E-state index is 0.628. The van der Waals surface area contributed by atoms with Gasteiger partial charge in [-0.05, 0) is 0 Å². The number of rotatable bonds is 4. The zero-order valence-electron chi connectivity index (χ0n) is 11.0. The van der Waals surface area contributed by atoms with Crippen molar-refractivity contribution in [3.63, 3.8) is 0 Å². The maximum Gasteiger partial charge on any atom is 0.337 e. The lowest BCUT2D eigenvalue weighted by Gasteiger charge is -2.18. The summed E-state index contributed by atoms with van der Waals surface area (Å²) in [7, 11) is 0. The van der Waals surface area contributed by atoms with E-state index in [0.29, 0.717) is 4.57 Å². The highest BCUT2D eigenvalue weighted by atomic mass is 16.6. The van der Waals surface area contributed by atoms with Crippen LogP contribution in [0.4, 0.5) is 0 Å². The Hall–Kier alpha value is -2.05. The molecule has 0 bridgehead atoms. The molecule has 0 saturated carbocycles. The van der Waals surface area contributed by atoms with Gasteiger partial charge < -0.3 is 30.3 Å². The molecule has 0 aliphatic carbocycles. The Balaban J connectivity index is 2.48. The number of carbonyl (C=O) groups is 1. The highest BCUT2D eigenvalue weighted by Crippen LogP contribution is 2.28. The van der Waals surface area contributed by atoms with Crippen molar-refractivity contribution in [2.75, 3.05) is 6.61 Å². The Bertz CT molecular complexity index is 681. The van der Waals surface area contributed by atoms with Crippen molar-refractivity contribution in [3.05, 3.63) is 32.6 Å². The standard InChI is InChI=1S/C11H14N2O9/c14-2-4-6(16)7(17)9(22-4)13-1-3(5(15)10(19)20)8(18)12-11(13)21/h1,4-7,9,14-17H,2H2,(H,19,20)(H,12,18,21)/t4-,5?,6+,7?,9-/m1/s1. The van der Waals surface area contributed by atoms with E-state index in [1.54, 1.807) is 4.98 Å². The first-order valence-corrected chi connectivity index (χ1v) is 6.16. The Morgan fingerprint density at radius 2 is 2.00 bits per heavy atom. The molecule has 0 aromatic carbocycles. The predicted molar refractivity (Wildman–Crippen MR) is 66.9 cm³/mol. The highest BCUT2D eigenvalue weighted by molar-refractivity contribution is 5.73. The highest BCUT2D eigenvalue weighted by Gasteiger charge is 2.44. The molecule has 2 heterocycles. The zero-order valence-corrected chi connectivity index (χ0v) is 11.0. The number of aliphatic carboxylic acids is 1. The van der Waals surface area contributed by atoms with Gasteiger partial charge in [-0.15, -0.1) is 0 Å². The molecule has 11 heteroatoms. The molecular weight excluding hydrogens is 304 g/mol. The Morgan fingerprint density at radius 1 is 1.36 bits per heavy atom. The smallest absolute Gasteiger partial charge is 0.337 e. The normalized spacial score (nSPS) is 29.5.